The quantitative estimate of drug-likeness (QED) is 0.663. The number of nitrogens with one attached hydrogen (secondary N) is 2. The molecule has 0 bridgehead atoms. The van der Waals surface area contributed by atoms with Crippen LogP contribution in [0.3, 0.4) is 0 Å². The van der Waals surface area contributed by atoms with Crippen molar-refractivity contribution in [3.63, 3.8) is 0 Å². The number of nitrogens with zero attached hydrogens (tertiary/aromatic N) is 1. The summed E-state index contributed by atoms with van der Waals surface area (Å²) in [5.41, 5.74) is 5.91. The van der Waals surface area contributed by atoms with Crippen molar-refractivity contribution >= 4 is 21.8 Å². The Morgan fingerprint density at radius 2 is 1.96 bits per heavy atom. The van der Waals surface area contributed by atoms with Crippen LogP contribution in [0.1, 0.15) is 46.1 Å². The number of amides is 1. The molecular formula is C18H28N4O3S. The molecule has 2 rings (SSSR count). The highest BCUT2D eigenvalue weighted by Gasteiger charge is 2.31. The van der Waals surface area contributed by atoms with Gasteiger partial charge in [-0.15, -0.1) is 0 Å². The molecule has 1 aliphatic rings. The maximum absolute atomic E-state index is 12.4. The van der Waals surface area contributed by atoms with Crippen molar-refractivity contribution < 1.29 is 13.2 Å². The molecule has 2 atom stereocenters. The summed E-state index contributed by atoms with van der Waals surface area (Å²) >= 11 is 0. The van der Waals surface area contributed by atoms with E-state index in [-0.39, 0.29) is 29.1 Å². The molecule has 1 aromatic rings. The zero-order valence-corrected chi connectivity index (χ0v) is 16.6. The lowest BCUT2D eigenvalue weighted by Gasteiger charge is -2.31. The summed E-state index contributed by atoms with van der Waals surface area (Å²) < 4.78 is 26.7. The zero-order chi connectivity index (χ0) is 19.5. The smallest absolute Gasteiger partial charge is 0.263 e. The first-order valence-electron chi connectivity index (χ1n) is 8.77. The van der Waals surface area contributed by atoms with E-state index in [1.54, 1.807) is 25.1 Å². The molecule has 0 aliphatic carbocycles. The van der Waals surface area contributed by atoms with Crippen molar-refractivity contribution in [1.29, 1.82) is 0 Å². The Labute approximate surface area is 155 Å². The Kier molecular flexibility index (Phi) is 6.08. The summed E-state index contributed by atoms with van der Waals surface area (Å²) in [6.07, 6.45) is 0.937. The van der Waals surface area contributed by atoms with Crippen molar-refractivity contribution in [2.75, 3.05) is 6.54 Å². The number of rotatable bonds is 7. The van der Waals surface area contributed by atoms with Crippen LogP contribution in [-0.4, -0.2) is 38.3 Å². The zero-order valence-electron chi connectivity index (χ0n) is 15.7. The highest BCUT2D eigenvalue weighted by molar-refractivity contribution is 7.90. The van der Waals surface area contributed by atoms with E-state index in [0.717, 1.165) is 6.42 Å². The van der Waals surface area contributed by atoms with Crippen LogP contribution in [0.2, 0.25) is 0 Å². The molecule has 26 heavy (non-hydrogen) atoms. The SMILES string of the molecule is CC(C)CC(C)(CN)NC(=O)CC(C)N=C1NS(=O)(=O)c2ccccc21. The molecule has 144 valence electrons. The molecule has 0 radical (unpaired) electrons. The Hall–Kier alpha value is -1.93. The number of hydrogen-bond acceptors (Lipinski definition) is 5. The van der Waals surface area contributed by atoms with Crippen LogP contribution in [0.15, 0.2) is 34.2 Å². The second-order valence-electron chi connectivity index (χ2n) is 7.54. The summed E-state index contributed by atoms with van der Waals surface area (Å²) in [6, 6.07) is 6.29. The molecule has 8 heteroatoms. The normalized spacial score (nSPS) is 20.3. The summed E-state index contributed by atoms with van der Waals surface area (Å²) in [5.74, 6) is 0.542. The molecule has 1 heterocycles. The van der Waals surface area contributed by atoms with E-state index in [1.165, 1.54) is 6.07 Å². The first kappa shape index (κ1) is 20.4. The molecular weight excluding hydrogens is 352 g/mol. The predicted molar refractivity (Wildman–Crippen MR) is 102 cm³/mol. The lowest BCUT2D eigenvalue weighted by atomic mass is 9.90. The van der Waals surface area contributed by atoms with Gasteiger partial charge in [0.15, 0.2) is 0 Å². The van der Waals surface area contributed by atoms with Crippen molar-refractivity contribution in [1.82, 2.24) is 10.0 Å². The number of carbonyl (C=O) groups is 1. The molecule has 1 amide bonds. The molecule has 0 saturated carbocycles. The minimum Gasteiger partial charge on any atom is -0.350 e. The van der Waals surface area contributed by atoms with Crippen LogP contribution < -0.4 is 15.8 Å². The van der Waals surface area contributed by atoms with Crippen LogP contribution in [0.5, 0.6) is 0 Å². The van der Waals surface area contributed by atoms with Gasteiger partial charge >= 0.3 is 0 Å². The first-order valence-corrected chi connectivity index (χ1v) is 10.3. The van der Waals surface area contributed by atoms with E-state index in [0.29, 0.717) is 18.0 Å². The Morgan fingerprint density at radius 3 is 2.58 bits per heavy atom. The molecule has 0 fully saturated rings. The average molecular weight is 381 g/mol. The Bertz CT molecular complexity index is 804. The van der Waals surface area contributed by atoms with Gasteiger partial charge in [0, 0.05) is 24.1 Å². The fraction of sp³-hybridized carbons (Fsp3) is 0.556. The second kappa shape index (κ2) is 7.75. The largest absolute Gasteiger partial charge is 0.350 e. The molecule has 0 aromatic heterocycles. The number of nitrogens with two attached hydrogens (primary N) is 1. The standard InChI is InChI=1S/C18H28N4O3S/c1-12(2)10-18(4,11-19)21-16(23)9-13(3)20-17-14-7-5-6-8-15(14)26(24,25)22-17/h5-8,12-13H,9-11,19H2,1-4H3,(H,20,22)(H,21,23). The van der Waals surface area contributed by atoms with E-state index in [2.05, 4.69) is 28.9 Å². The fourth-order valence-electron chi connectivity index (χ4n) is 3.24. The average Bonchev–Trinajstić information content (AvgIpc) is 2.77. The van der Waals surface area contributed by atoms with Gasteiger partial charge in [0.2, 0.25) is 5.91 Å². The number of amidine groups is 1. The van der Waals surface area contributed by atoms with Crippen molar-refractivity contribution in [3.05, 3.63) is 29.8 Å². The molecule has 0 saturated heterocycles. The van der Waals surface area contributed by atoms with Crippen LogP contribution in [0, 0.1) is 5.92 Å². The predicted octanol–water partition coefficient (Wildman–Crippen LogP) is 1.38. The number of aliphatic imine (C=N–C) groups is 1. The number of hydrogen-bond donors (Lipinski definition) is 3. The van der Waals surface area contributed by atoms with E-state index < -0.39 is 15.6 Å². The Morgan fingerprint density at radius 1 is 1.31 bits per heavy atom. The van der Waals surface area contributed by atoms with Crippen molar-refractivity contribution in [2.24, 2.45) is 16.6 Å². The van der Waals surface area contributed by atoms with Gasteiger partial charge in [0.25, 0.3) is 10.0 Å². The number of sulfonamides is 1. The highest BCUT2D eigenvalue weighted by Crippen LogP contribution is 2.23. The molecule has 4 N–H and O–H groups in total. The van der Waals surface area contributed by atoms with E-state index in [1.807, 2.05) is 6.92 Å². The molecule has 0 spiro atoms. The van der Waals surface area contributed by atoms with Gasteiger partial charge in [-0.3, -0.25) is 14.5 Å². The second-order valence-corrected chi connectivity index (χ2v) is 9.19. The third-order valence-electron chi connectivity index (χ3n) is 4.24. The summed E-state index contributed by atoms with van der Waals surface area (Å²) in [4.78, 5) is 17.0. The summed E-state index contributed by atoms with van der Waals surface area (Å²) in [5, 5.41) is 2.99. The molecule has 1 aliphatic heterocycles. The number of fused-ring (bicyclic) bond motifs is 1. The Balaban J connectivity index is 2.08. The lowest BCUT2D eigenvalue weighted by Crippen LogP contribution is -2.52. The van der Waals surface area contributed by atoms with Crippen molar-refractivity contribution in [2.45, 2.75) is 57.0 Å². The summed E-state index contributed by atoms with van der Waals surface area (Å²) in [6.45, 7) is 8.23. The maximum Gasteiger partial charge on any atom is 0.263 e. The summed E-state index contributed by atoms with van der Waals surface area (Å²) in [7, 11) is -3.57. The minimum atomic E-state index is -3.57. The lowest BCUT2D eigenvalue weighted by molar-refractivity contribution is -0.123. The third kappa shape index (κ3) is 4.82. The molecule has 2 unspecified atom stereocenters. The van der Waals surface area contributed by atoms with Gasteiger partial charge in [0.1, 0.15) is 5.84 Å². The van der Waals surface area contributed by atoms with Gasteiger partial charge in [-0.05, 0) is 38.3 Å². The third-order valence-corrected chi connectivity index (χ3v) is 5.64. The number of benzene rings is 1. The van der Waals surface area contributed by atoms with Gasteiger partial charge in [-0.1, -0.05) is 26.0 Å². The van der Waals surface area contributed by atoms with Gasteiger partial charge < -0.3 is 11.1 Å². The highest BCUT2D eigenvalue weighted by atomic mass is 32.2. The van der Waals surface area contributed by atoms with E-state index in [4.69, 9.17) is 5.73 Å². The molecule has 1 aromatic carbocycles. The number of carbonyl (C=O) groups excluding carboxylic acids is 1. The maximum atomic E-state index is 12.4. The minimum absolute atomic E-state index is 0.149. The van der Waals surface area contributed by atoms with Crippen molar-refractivity contribution in [3.8, 4) is 0 Å². The van der Waals surface area contributed by atoms with Crippen LogP contribution in [0.25, 0.3) is 0 Å². The van der Waals surface area contributed by atoms with Gasteiger partial charge in [0.05, 0.1) is 10.9 Å². The monoisotopic (exact) mass is 380 g/mol. The van der Waals surface area contributed by atoms with Crippen LogP contribution in [0.4, 0.5) is 0 Å². The van der Waals surface area contributed by atoms with Crippen LogP contribution in [-0.2, 0) is 14.8 Å². The van der Waals surface area contributed by atoms with Crippen LogP contribution >= 0.6 is 0 Å². The fourth-order valence-corrected chi connectivity index (χ4v) is 4.48. The van der Waals surface area contributed by atoms with E-state index in [9.17, 15) is 13.2 Å². The molecule has 7 nitrogen and oxygen atoms in total. The first-order chi connectivity index (χ1) is 12.1. The topological polar surface area (TPSA) is 114 Å². The van der Waals surface area contributed by atoms with Gasteiger partial charge in [-0.25, -0.2) is 8.42 Å². The van der Waals surface area contributed by atoms with Gasteiger partial charge in [-0.2, -0.15) is 0 Å². The van der Waals surface area contributed by atoms with E-state index >= 15 is 0 Å².